The summed E-state index contributed by atoms with van der Waals surface area (Å²) in [6.45, 7) is 4.02. The summed E-state index contributed by atoms with van der Waals surface area (Å²) in [6, 6.07) is 3.67. The van der Waals surface area contributed by atoms with Crippen molar-refractivity contribution in [2.24, 2.45) is 0 Å². The highest BCUT2D eigenvalue weighted by Crippen LogP contribution is 2.32. The first-order valence-electron chi connectivity index (χ1n) is 7.91. The summed E-state index contributed by atoms with van der Waals surface area (Å²) in [5.74, 6) is -0.0958. The molecule has 25 heavy (non-hydrogen) atoms. The van der Waals surface area contributed by atoms with E-state index in [0.29, 0.717) is 27.8 Å². The molecule has 1 aromatic heterocycles. The van der Waals surface area contributed by atoms with Crippen molar-refractivity contribution in [2.75, 3.05) is 0 Å². The number of fused-ring (bicyclic) bond motifs is 1. The molecule has 0 aromatic carbocycles. The van der Waals surface area contributed by atoms with Crippen LogP contribution in [0.5, 0.6) is 0 Å². The third kappa shape index (κ3) is 4.12. The minimum absolute atomic E-state index is 0.304. The molecule has 0 N–H and O–H groups in total. The Kier molecular flexibility index (Phi) is 5.26. The number of ether oxygens (including phenoxy) is 1. The van der Waals surface area contributed by atoms with Gasteiger partial charge in [-0.05, 0) is 44.6 Å². The van der Waals surface area contributed by atoms with Gasteiger partial charge in [-0.2, -0.15) is 0 Å². The van der Waals surface area contributed by atoms with E-state index in [1.165, 1.54) is 5.57 Å². The van der Waals surface area contributed by atoms with Crippen LogP contribution in [0.2, 0.25) is 0 Å². The number of hydrogen-bond donors (Lipinski definition) is 0. The summed E-state index contributed by atoms with van der Waals surface area (Å²) >= 11 is 12.6. The zero-order valence-electron chi connectivity index (χ0n) is 14.0. The van der Waals surface area contributed by atoms with Crippen molar-refractivity contribution in [1.82, 2.24) is 4.98 Å². The van der Waals surface area contributed by atoms with E-state index >= 15 is 0 Å². The predicted molar refractivity (Wildman–Crippen MR) is 101 cm³/mol. The summed E-state index contributed by atoms with van der Waals surface area (Å²) in [5, 5.41) is 0.778. The van der Waals surface area contributed by atoms with Crippen LogP contribution < -0.4 is 0 Å². The van der Waals surface area contributed by atoms with Gasteiger partial charge in [0.15, 0.2) is 0 Å². The molecule has 3 rings (SSSR count). The maximum absolute atomic E-state index is 12.6. The molecule has 0 saturated carbocycles. The molecule has 128 valence electrons. The van der Waals surface area contributed by atoms with Gasteiger partial charge < -0.3 is 4.74 Å². The van der Waals surface area contributed by atoms with E-state index in [1.54, 1.807) is 24.4 Å². The number of hydrogen-bond acceptors (Lipinski definition) is 3. The van der Waals surface area contributed by atoms with Gasteiger partial charge in [-0.3, -0.25) is 4.98 Å². The minimum Gasteiger partial charge on any atom is -0.425 e. The number of pyridine rings is 1. The van der Waals surface area contributed by atoms with E-state index in [1.807, 2.05) is 32.1 Å². The lowest BCUT2D eigenvalue weighted by atomic mass is 10.1. The van der Waals surface area contributed by atoms with Crippen molar-refractivity contribution in [1.29, 1.82) is 0 Å². The number of aromatic nitrogens is 1. The van der Waals surface area contributed by atoms with Gasteiger partial charge in [0.05, 0.1) is 27.8 Å². The van der Waals surface area contributed by atoms with Crippen LogP contribution in [0.25, 0.3) is 5.03 Å². The zero-order chi connectivity index (χ0) is 18.0. The molecular formula is C20H17Cl2NO2. The molecule has 0 aliphatic heterocycles. The molecule has 0 atom stereocenters. The van der Waals surface area contributed by atoms with Gasteiger partial charge in [0, 0.05) is 11.8 Å². The lowest BCUT2D eigenvalue weighted by Gasteiger charge is -2.10. The van der Waals surface area contributed by atoms with E-state index in [2.05, 4.69) is 4.98 Å². The molecule has 0 radical (unpaired) electrons. The molecule has 0 spiro atoms. The summed E-state index contributed by atoms with van der Waals surface area (Å²) < 4.78 is 5.59. The molecule has 0 bridgehead atoms. The summed E-state index contributed by atoms with van der Waals surface area (Å²) in [7, 11) is 0. The van der Waals surface area contributed by atoms with Crippen LogP contribution >= 0.6 is 23.2 Å². The largest absolute Gasteiger partial charge is 0.425 e. The van der Waals surface area contributed by atoms with Crippen LogP contribution in [0.15, 0.2) is 70.1 Å². The maximum atomic E-state index is 12.6. The van der Waals surface area contributed by atoms with Crippen LogP contribution in [0.1, 0.15) is 31.5 Å². The first-order chi connectivity index (χ1) is 11.9. The fourth-order valence-corrected chi connectivity index (χ4v) is 3.33. The predicted octanol–water partition coefficient (Wildman–Crippen LogP) is 5.43. The van der Waals surface area contributed by atoms with E-state index in [4.69, 9.17) is 27.9 Å². The van der Waals surface area contributed by atoms with Crippen molar-refractivity contribution < 1.29 is 9.53 Å². The Bertz CT molecular complexity index is 889. The van der Waals surface area contributed by atoms with Crippen LogP contribution in [0, 0.1) is 0 Å². The van der Waals surface area contributed by atoms with Crippen molar-refractivity contribution >= 4 is 34.2 Å². The van der Waals surface area contributed by atoms with Crippen molar-refractivity contribution in [3.05, 3.63) is 81.4 Å². The van der Waals surface area contributed by atoms with Gasteiger partial charge in [-0.25, -0.2) is 4.79 Å². The van der Waals surface area contributed by atoms with E-state index in [9.17, 15) is 4.79 Å². The summed E-state index contributed by atoms with van der Waals surface area (Å²) in [4.78, 5) is 16.9. The van der Waals surface area contributed by atoms with Crippen LogP contribution in [0.4, 0.5) is 0 Å². The number of rotatable bonds is 2. The Balaban J connectivity index is 1.89. The lowest BCUT2D eigenvalue weighted by Crippen LogP contribution is -2.10. The lowest BCUT2D eigenvalue weighted by molar-refractivity contribution is -0.134. The van der Waals surface area contributed by atoms with E-state index in [-0.39, 0.29) is 0 Å². The molecular weight excluding hydrogens is 357 g/mol. The third-order valence-electron chi connectivity index (χ3n) is 3.95. The molecule has 5 heteroatoms. The molecule has 0 fully saturated rings. The Morgan fingerprint density at radius 3 is 2.72 bits per heavy atom. The minimum atomic E-state index is -0.442. The average molecular weight is 374 g/mol. The van der Waals surface area contributed by atoms with Gasteiger partial charge in [0.1, 0.15) is 5.76 Å². The second-order valence-electron chi connectivity index (χ2n) is 6.13. The summed E-state index contributed by atoms with van der Waals surface area (Å²) in [5.41, 5.74) is 4.30. The quantitative estimate of drug-likeness (QED) is 0.648. The number of carbonyl (C=O) groups is 1. The number of esters is 1. The molecule has 1 aromatic rings. The molecule has 2 aliphatic carbocycles. The van der Waals surface area contributed by atoms with Gasteiger partial charge in [-0.1, -0.05) is 46.5 Å². The number of nitrogens with zero attached hydrogens (tertiary/aromatic N) is 1. The molecule has 3 nitrogen and oxygen atoms in total. The average Bonchev–Trinajstić information content (AvgIpc) is 2.80. The van der Waals surface area contributed by atoms with Gasteiger partial charge in [0.25, 0.3) is 0 Å². The standard InChI is InChI=1S/C20H17Cl2NO2/c1-12-5-6-14(9-13(2)8-12)20(24)25-19-11-18-15(4-3-7-23-18)16(21)10-17(19)22/h3-7,9-10H,8,11H2,1-2H3. The fourth-order valence-electron chi connectivity index (χ4n) is 2.78. The number of allylic oxidation sites excluding steroid dienone is 7. The zero-order valence-corrected chi connectivity index (χ0v) is 15.5. The van der Waals surface area contributed by atoms with Crippen LogP contribution in [-0.4, -0.2) is 11.0 Å². The highest BCUT2D eigenvalue weighted by atomic mass is 35.5. The SMILES string of the molecule is CC1=CC=C(C(=O)OC2=C(Cl)C=C(Cl)c3cccnc3C2)C=C(C)C1. The first kappa shape index (κ1) is 17.7. The van der Waals surface area contributed by atoms with Crippen molar-refractivity contribution in [2.45, 2.75) is 26.7 Å². The molecule has 0 saturated heterocycles. The van der Waals surface area contributed by atoms with Crippen LogP contribution in [-0.2, 0) is 16.0 Å². The van der Waals surface area contributed by atoms with Crippen molar-refractivity contribution in [3.63, 3.8) is 0 Å². The number of carbonyl (C=O) groups excluding carboxylic acids is 1. The third-order valence-corrected chi connectivity index (χ3v) is 4.59. The van der Waals surface area contributed by atoms with Gasteiger partial charge in [0.2, 0.25) is 0 Å². The van der Waals surface area contributed by atoms with E-state index in [0.717, 1.165) is 23.3 Å². The normalized spacial score (nSPS) is 17.4. The fraction of sp³-hybridized carbons (Fsp3) is 0.200. The Labute approximate surface area is 157 Å². The van der Waals surface area contributed by atoms with E-state index < -0.39 is 5.97 Å². The Morgan fingerprint density at radius 2 is 1.92 bits per heavy atom. The van der Waals surface area contributed by atoms with Gasteiger partial charge >= 0.3 is 5.97 Å². The highest BCUT2D eigenvalue weighted by molar-refractivity contribution is 6.50. The first-order valence-corrected chi connectivity index (χ1v) is 8.66. The topological polar surface area (TPSA) is 39.2 Å². The Hall–Kier alpha value is -2.10. The molecule has 0 amide bonds. The van der Waals surface area contributed by atoms with Crippen molar-refractivity contribution in [3.8, 4) is 0 Å². The summed E-state index contributed by atoms with van der Waals surface area (Å²) in [6.07, 6.45) is 9.95. The Morgan fingerprint density at radius 1 is 1.12 bits per heavy atom. The van der Waals surface area contributed by atoms with Gasteiger partial charge in [-0.15, -0.1) is 0 Å². The molecule has 1 heterocycles. The second kappa shape index (κ2) is 7.42. The monoisotopic (exact) mass is 373 g/mol. The smallest absolute Gasteiger partial charge is 0.343 e. The molecule has 0 unspecified atom stereocenters. The molecule has 2 aliphatic rings. The highest BCUT2D eigenvalue weighted by Gasteiger charge is 2.21. The number of halogens is 2. The van der Waals surface area contributed by atoms with Crippen LogP contribution in [0.3, 0.4) is 0 Å². The second-order valence-corrected chi connectivity index (χ2v) is 6.94. The maximum Gasteiger partial charge on any atom is 0.343 e.